The molecule has 1 aliphatic rings. The lowest BCUT2D eigenvalue weighted by Crippen LogP contribution is -2.40. The van der Waals surface area contributed by atoms with Crippen molar-refractivity contribution in [2.75, 3.05) is 5.88 Å². The van der Waals surface area contributed by atoms with Gasteiger partial charge in [0.1, 0.15) is 0 Å². The normalized spacial score (nSPS) is 19.5. The summed E-state index contributed by atoms with van der Waals surface area (Å²) in [7, 11) is 0. The Morgan fingerprint density at radius 3 is 2.85 bits per heavy atom. The summed E-state index contributed by atoms with van der Waals surface area (Å²) in [6, 6.07) is 8.40. The first-order valence-corrected chi connectivity index (χ1v) is 8.09. The summed E-state index contributed by atoms with van der Waals surface area (Å²) < 4.78 is 0. The Morgan fingerprint density at radius 2 is 2.15 bits per heavy atom. The molecule has 1 aromatic rings. The second kappa shape index (κ2) is 7.12. The van der Waals surface area contributed by atoms with E-state index in [0.717, 1.165) is 25.7 Å². The highest BCUT2D eigenvalue weighted by molar-refractivity contribution is 6.18. The predicted octanol–water partition coefficient (Wildman–Crippen LogP) is 3.88. The fourth-order valence-corrected chi connectivity index (χ4v) is 3.26. The molecule has 0 spiro atoms. The minimum atomic E-state index is -0.00201. The maximum absolute atomic E-state index is 12.5. The summed E-state index contributed by atoms with van der Waals surface area (Å²) in [6.45, 7) is 4.31. The highest BCUT2D eigenvalue weighted by atomic mass is 35.5. The topological polar surface area (TPSA) is 29.1 Å². The van der Waals surface area contributed by atoms with Crippen molar-refractivity contribution in [2.24, 2.45) is 5.92 Å². The standard InChI is InChI=1S/C17H24ClNO/c1-12(2)10-14(11-18)19-17(20)16-9-5-7-13-6-3-4-8-15(13)16/h3-4,6,8,12,14,16H,5,7,9-11H2,1-2H3,(H,19,20). The Morgan fingerprint density at radius 1 is 1.40 bits per heavy atom. The smallest absolute Gasteiger partial charge is 0.227 e. The summed E-state index contributed by atoms with van der Waals surface area (Å²) in [5.41, 5.74) is 2.53. The SMILES string of the molecule is CC(C)CC(CCl)NC(=O)C1CCCc2ccccc21. The highest BCUT2D eigenvalue weighted by Crippen LogP contribution is 2.31. The molecule has 20 heavy (non-hydrogen) atoms. The van der Waals surface area contributed by atoms with Crippen molar-refractivity contribution in [1.29, 1.82) is 0 Å². The van der Waals surface area contributed by atoms with Crippen LogP contribution in [0.5, 0.6) is 0 Å². The number of hydrogen-bond donors (Lipinski definition) is 1. The van der Waals surface area contributed by atoms with Crippen LogP contribution in [0, 0.1) is 5.92 Å². The maximum Gasteiger partial charge on any atom is 0.227 e. The third-order valence-corrected chi connectivity index (χ3v) is 4.35. The minimum Gasteiger partial charge on any atom is -0.352 e. The molecule has 0 saturated heterocycles. The first-order valence-electron chi connectivity index (χ1n) is 7.56. The number of nitrogens with one attached hydrogen (secondary N) is 1. The summed E-state index contributed by atoms with van der Waals surface area (Å²) in [5, 5.41) is 3.14. The first kappa shape index (κ1) is 15.4. The Hall–Kier alpha value is -1.02. The van der Waals surface area contributed by atoms with Crippen molar-refractivity contribution < 1.29 is 4.79 Å². The molecular formula is C17H24ClNO. The van der Waals surface area contributed by atoms with Crippen molar-refractivity contribution >= 4 is 17.5 Å². The van der Waals surface area contributed by atoms with E-state index in [1.165, 1.54) is 11.1 Å². The van der Waals surface area contributed by atoms with Crippen LogP contribution >= 0.6 is 11.6 Å². The Balaban J connectivity index is 2.06. The monoisotopic (exact) mass is 293 g/mol. The Kier molecular flexibility index (Phi) is 5.47. The Bertz CT molecular complexity index is 458. The molecule has 1 N–H and O–H groups in total. The number of carbonyl (C=O) groups is 1. The van der Waals surface area contributed by atoms with E-state index in [1.807, 2.05) is 6.07 Å². The number of fused-ring (bicyclic) bond motifs is 1. The summed E-state index contributed by atoms with van der Waals surface area (Å²) >= 11 is 5.98. The summed E-state index contributed by atoms with van der Waals surface area (Å²) in [6.07, 6.45) is 4.05. The van der Waals surface area contributed by atoms with Crippen LogP contribution in [0.4, 0.5) is 0 Å². The number of hydrogen-bond acceptors (Lipinski definition) is 1. The van der Waals surface area contributed by atoms with E-state index in [4.69, 9.17) is 11.6 Å². The summed E-state index contributed by atoms with van der Waals surface area (Å²) in [4.78, 5) is 12.5. The van der Waals surface area contributed by atoms with Gasteiger partial charge < -0.3 is 5.32 Å². The van der Waals surface area contributed by atoms with E-state index in [-0.39, 0.29) is 17.9 Å². The number of aryl methyl sites for hydroxylation is 1. The van der Waals surface area contributed by atoms with Crippen LogP contribution in [-0.2, 0) is 11.2 Å². The Labute approximate surface area is 126 Å². The molecule has 2 rings (SSSR count). The van der Waals surface area contributed by atoms with Gasteiger partial charge in [-0.3, -0.25) is 4.79 Å². The van der Waals surface area contributed by atoms with Gasteiger partial charge in [0.25, 0.3) is 0 Å². The van der Waals surface area contributed by atoms with Gasteiger partial charge >= 0.3 is 0 Å². The summed E-state index contributed by atoms with van der Waals surface area (Å²) in [5.74, 6) is 1.16. The lowest BCUT2D eigenvalue weighted by molar-refractivity contribution is -0.123. The van der Waals surface area contributed by atoms with E-state index in [1.54, 1.807) is 0 Å². The van der Waals surface area contributed by atoms with E-state index >= 15 is 0 Å². The van der Waals surface area contributed by atoms with Gasteiger partial charge in [-0.25, -0.2) is 0 Å². The molecule has 3 heteroatoms. The molecule has 1 aromatic carbocycles. The average Bonchev–Trinajstić information content (AvgIpc) is 2.45. The lowest BCUT2D eigenvalue weighted by atomic mass is 9.82. The van der Waals surface area contributed by atoms with Gasteiger partial charge in [0.2, 0.25) is 5.91 Å². The third kappa shape index (κ3) is 3.76. The van der Waals surface area contributed by atoms with Crippen LogP contribution in [0.3, 0.4) is 0 Å². The quantitative estimate of drug-likeness (QED) is 0.820. The van der Waals surface area contributed by atoms with Gasteiger partial charge in [0, 0.05) is 11.9 Å². The van der Waals surface area contributed by atoms with E-state index in [2.05, 4.69) is 37.4 Å². The minimum absolute atomic E-state index is 0.00201. The molecule has 1 aliphatic carbocycles. The molecule has 0 aliphatic heterocycles. The van der Waals surface area contributed by atoms with Crippen LogP contribution in [0.1, 0.15) is 50.2 Å². The second-order valence-electron chi connectivity index (χ2n) is 6.13. The molecule has 2 atom stereocenters. The zero-order chi connectivity index (χ0) is 14.5. The van der Waals surface area contributed by atoms with Crippen LogP contribution in [0.15, 0.2) is 24.3 Å². The van der Waals surface area contributed by atoms with Crippen molar-refractivity contribution in [3.05, 3.63) is 35.4 Å². The van der Waals surface area contributed by atoms with Crippen molar-refractivity contribution in [1.82, 2.24) is 5.32 Å². The molecule has 0 radical (unpaired) electrons. The van der Waals surface area contributed by atoms with Gasteiger partial charge in [-0.05, 0) is 42.7 Å². The average molecular weight is 294 g/mol. The molecule has 0 fully saturated rings. The number of halogens is 1. The first-order chi connectivity index (χ1) is 9.61. The van der Waals surface area contributed by atoms with Crippen LogP contribution in [0.2, 0.25) is 0 Å². The van der Waals surface area contributed by atoms with Gasteiger partial charge in [-0.15, -0.1) is 11.6 Å². The van der Waals surface area contributed by atoms with Gasteiger partial charge in [0.05, 0.1) is 5.92 Å². The van der Waals surface area contributed by atoms with Gasteiger partial charge in [0.15, 0.2) is 0 Å². The van der Waals surface area contributed by atoms with E-state index in [0.29, 0.717) is 11.8 Å². The van der Waals surface area contributed by atoms with Gasteiger partial charge in [-0.2, -0.15) is 0 Å². The zero-order valence-corrected chi connectivity index (χ0v) is 13.1. The van der Waals surface area contributed by atoms with Crippen molar-refractivity contribution in [3.8, 4) is 0 Å². The molecule has 0 saturated carbocycles. The molecule has 1 amide bonds. The predicted molar refractivity (Wildman–Crippen MR) is 84.2 cm³/mol. The number of rotatable bonds is 5. The molecular weight excluding hydrogens is 270 g/mol. The molecule has 2 unspecified atom stereocenters. The van der Waals surface area contributed by atoms with E-state index in [9.17, 15) is 4.79 Å². The molecule has 0 aromatic heterocycles. The van der Waals surface area contributed by atoms with Gasteiger partial charge in [-0.1, -0.05) is 38.1 Å². The number of carbonyl (C=O) groups excluding carboxylic acids is 1. The fourth-order valence-electron chi connectivity index (χ4n) is 3.06. The third-order valence-electron chi connectivity index (χ3n) is 3.97. The molecule has 0 heterocycles. The van der Waals surface area contributed by atoms with Crippen LogP contribution in [-0.4, -0.2) is 17.8 Å². The fraction of sp³-hybridized carbons (Fsp3) is 0.588. The van der Waals surface area contributed by atoms with E-state index < -0.39 is 0 Å². The number of amides is 1. The lowest BCUT2D eigenvalue weighted by Gasteiger charge is -2.27. The molecule has 110 valence electrons. The second-order valence-corrected chi connectivity index (χ2v) is 6.44. The van der Waals surface area contributed by atoms with Crippen molar-refractivity contribution in [3.63, 3.8) is 0 Å². The zero-order valence-electron chi connectivity index (χ0n) is 12.4. The molecule has 0 bridgehead atoms. The van der Waals surface area contributed by atoms with Crippen LogP contribution in [0.25, 0.3) is 0 Å². The highest BCUT2D eigenvalue weighted by Gasteiger charge is 2.27. The number of alkyl halides is 1. The maximum atomic E-state index is 12.5. The molecule has 2 nitrogen and oxygen atoms in total. The van der Waals surface area contributed by atoms with Crippen molar-refractivity contribution in [2.45, 2.75) is 51.5 Å². The largest absolute Gasteiger partial charge is 0.352 e. The number of benzene rings is 1. The van der Waals surface area contributed by atoms with Crippen LogP contribution < -0.4 is 5.32 Å².